The summed E-state index contributed by atoms with van der Waals surface area (Å²) in [6.07, 6.45) is 1.42. The lowest BCUT2D eigenvalue weighted by Gasteiger charge is -2.07. The Hall–Kier alpha value is -1.44. The van der Waals surface area contributed by atoms with Crippen LogP contribution in [0.5, 0.6) is 0 Å². The predicted molar refractivity (Wildman–Crippen MR) is 68.6 cm³/mol. The Labute approximate surface area is 115 Å². The first-order valence-corrected chi connectivity index (χ1v) is 7.17. The second-order valence-electron chi connectivity index (χ2n) is 3.84. The third-order valence-electron chi connectivity index (χ3n) is 2.55. The molecule has 0 saturated carbocycles. The summed E-state index contributed by atoms with van der Waals surface area (Å²) in [4.78, 5) is 3.83. The molecule has 1 N–H and O–H groups in total. The van der Waals surface area contributed by atoms with Gasteiger partial charge in [0.15, 0.2) is 0 Å². The fourth-order valence-corrected chi connectivity index (χ4v) is 2.62. The molecule has 8 heteroatoms. The maximum atomic E-state index is 13.0. The third kappa shape index (κ3) is 3.12. The number of hydrogen-bond donors (Lipinski definition) is 1. The zero-order chi connectivity index (χ0) is 14.0. The number of nitrogens with one attached hydrogen (secondary N) is 1. The van der Waals surface area contributed by atoms with Gasteiger partial charge in [0.2, 0.25) is 10.0 Å². The average Bonchev–Trinajstić information content (AvgIpc) is 2.68. The number of hydrogen-bond acceptors (Lipinski definition) is 3. The lowest BCUT2D eigenvalue weighted by atomic mass is 10.4. The van der Waals surface area contributed by atoms with Crippen LogP contribution in [0.1, 0.15) is 5.82 Å². The normalized spacial score (nSPS) is 11.7. The van der Waals surface area contributed by atoms with Crippen LogP contribution in [0, 0.1) is 5.82 Å². The Kier molecular flexibility index (Phi) is 3.88. The molecule has 0 saturated heterocycles. The van der Waals surface area contributed by atoms with E-state index in [2.05, 4.69) is 9.71 Å². The molecule has 0 bridgehead atoms. The van der Waals surface area contributed by atoms with Gasteiger partial charge in [-0.15, -0.1) is 0 Å². The molecule has 2 rings (SSSR count). The van der Waals surface area contributed by atoms with Gasteiger partial charge in [0, 0.05) is 7.05 Å². The van der Waals surface area contributed by atoms with Gasteiger partial charge in [-0.3, -0.25) is 0 Å². The summed E-state index contributed by atoms with van der Waals surface area (Å²) in [5.41, 5.74) is 0. The summed E-state index contributed by atoms with van der Waals surface area (Å²) >= 11 is 5.79. The van der Waals surface area contributed by atoms with Crippen LogP contribution in [0.25, 0.3) is 0 Å². The standard InChI is InChI=1S/C11H11ClFN3O2S/c1-16-10(12)6-14-11(16)7-15-19(17,18)9-4-2-3-8(13)5-9/h2-6,15H,7H2,1H3. The molecular formula is C11H11ClFN3O2S. The fourth-order valence-electron chi connectivity index (χ4n) is 1.47. The molecule has 0 atom stereocenters. The number of sulfonamides is 1. The second kappa shape index (κ2) is 5.28. The number of nitrogens with zero attached hydrogens (tertiary/aromatic N) is 2. The molecule has 0 amide bonds. The van der Waals surface area contributed by atoms with Crippen molar-refractivity contribution >= 4 is 21.6 Å². The van der Waals surface area contributed by atoms with Crippen LogP contribution in [-0.2, 0) is 23.6 Å². The molecule has 0 aliphatic rings. The van der Waals surface area contributed by atoms with E-state index >= 15 is 0 Å². The molecule has 1 heterocycles. The SMILES string of the molecule is Cn1c(Cl)cnc1CNS(=O)(=O)c1cccc(F)c1. The maximum absolute atomic E-state index is 13.0. The van der Waals surface area contributed by atoms with Crippen molar-refractivity contribution in [3.05, 3.63) is 47.3 Å². The van der Waals surface area contributed by atoms with E-state index in [1.54, 1.807) is 11.6 Å². The van der Waals surface area contributed by atoms with Crippen LogP contribution >= 0.6 is 11.6 Å². The molecule has 1 aromatic carbocycles. The lowest BCUT2D eigenvalue weighted by Crippen LogP contribution is -2.24. The summed E-state index contributed by atoms with van der Waals surface area (Å²) in [5.74, 6) is -0.145. The summed E-state index contributed by atoms with van der Waals surface area (Å²) in [6.45, 7) is -0.0257. The number of rotatable bonds is 4. The van der Waals surface area contributed by atoms with Gasteiger partial charge in [0.05, 0.1) is 17.6 Å². The Balaban J connectivity index is 2.17. The van der Waals surface area contributed by atoms with Gasteiger partial charge in [0.25, 0.3) is 0 Å². The van der Waals surface area contributed by atoms with Crippen molar-refractivity contribution in [1.29, 1.82) is 0 Å². The lowest BCUT2D eigenvalue weighted by molar-refractivity contribution is 0.574. The van der Waals surface area contributed by atoms with E-state index in [0.717, 1.165) is 6.07 Å². The van der Waals surface area contributed by atoms with E-state index in [9.17, 15) is 12.8 Å². The molecule has 0 unspecified atom stereocenters. The highest BCUT2D eigenvalue weighted by Gasteiger charge is 2.15. The Morgan fingerprint density at radius 3 is 2.79 bits per heavy atom. The summed E-state index contributed by atoms with van der Waals surface area (Å²) in [7, 11) is -2.11. The molecule has 0 aliphatic heterocycles. The van der Waals surface area contributed by atoms with Gasteiger partial charge in [-0.05, 0) is 18.2 Å². The maximum Gasteiger partial charge on any atom is 0.241 e. The van der Waals surface area contributed by atoms with Crippen molar-refractivity contribution in [3.63, 3.8) is 0 Å². The highest BCUT2D eigenvalue weighted by Crippen LogP contribution is 2.12. The van der Waals surface area contributed by atoms with Gasteiger partial charge in [-0.25, -0.2) is 22.5 Å². The molecule has 0 fully saturated rings. The molecule has 0 radical (unpaired) electrons. The number of imidazole rings is 1. The molecular weight excluding hydrogens is 293 g/mol. The van der Waals surface area contributed by atoms with Crippen molar-refractivity contribution < 1.29 is 12.8 Å². The number of benzene rings is 1. The summed E-state index contributed by atoms with van der Waals surface area (Å²) in [5, 5.41) is 0.403. The van der Waals surface area contributed by atoms with Crippen molar-refractivity contribution in [1.82, 2.24) is 14.3 Å². The quantitative estimate of drug-likeness (QED) is 0.935. The second-order valence-corrected chi connectivity index (χ2v) is 5.99. The van der Waals surface area contributed by atoms with E-state index in [1.165, 1.54) is 24.4 Å². The van der Waals surface area contributed by atoms with Crippen molar-refractivity contribution in [2.24, 2.45) is 7.05 Å². The molecule has 0 aliphatic carbocycles. The smallest absolute Gasteiger partial charge is 0.241 e. The van der Waals surface area contributed by atoms with Crippen LogP contribution in [0.3, 0.4) is 0 Å². The predicted octanol–water partition coefficient (Wildman–Crippen LogP) is 1.69. The van der Waals surface area contributed by atoms with Crippen LogP contribution in [-0.4, -0.2) is 18.0 Å². The van der Waals surface area contributed by atoms with Crippen molar-refractivity contribution in [2.45, 2.75) is 11.4 Å². The van der Waals surface area contributed by atoms with E-state index in [4.69, 9.17) is 11.6 Å². The van der Waals surface area contributed by atoms with Crippen LogP contribution in [0.2, 0.25) is 5.15 Å². The first-order chi connectivity index (χ1) is 8.90. The van der Waals surface area contributed by atoms with E-state index in [0.29, 0.717) is 11.0 Å². The van der Waals surface area contributed by atoms with Crippen molar-refractivity contribution in [3.8, 4) is 0 Å². The first-order valence-electron chi connectivity index (χ1n) is 5.31. The minimum atomic E-state index is -3.77. The largest absolute Gasteiger partial charge is 0.321 e. The Morgan fingerprint density at radius 1 is 1.47 bits per heavy atom. The van der Waals surface area contributed by atoms with E-state index in [-0.39, 0.29) is 11.4 Å². The van der Waals surface area contributed by atoms with Gasteiger partial charge in [-0.2, -0.15) is 0 Å². The highest BCUT2D eigenvalue weighted by atomic mass is 35.5. The minimum absolute atomic E-state index is 0.0257. The minimum Gasteiger partial charge on any atom is -0.321 e. The molecule has 19 heavy (non-hydrogen) atoms. The molecule has 1 aromatic heterocycles. The fraction of sp³-hybridized carbons (Fsp3) is 0.182. The molecule has 2 aromatic rings. The first kappa shape index (κ1) is 14.0. The van der Waals surface area contributed by atoms with E-state index < -0.39 is 15.8 Å². The van der Waals surface area contributed by atoms with Crippen LogP contribution < -0.4 is 4.72 Å². The number of halogens is 2. The van der Waals surface area contributed by atoms with Gasteiger partial charge in [0.1, 0.15) is 16.8 Å². The summed E-state index contributed by atoms with van der Waals surface area (Å²) < 4.78 is 40.7. The zero-order valence-corrected chi connectivity index (χ0v) is 11.5. The molecule has 102 valence electrons. The molecule has 0 spiro atoms. The van der Waals surface area contributed by atoms with E-state index in [1.807, 2.05) is 0 Å². The van der Waals surface area contributed by atoms with Gasteiger partial charge in [-0.1, -0.05) is 17.7 Å². The van der Waals surface area contributed by atoms with Crippen LogP contribution in [0.15, 0.2) is 35.4 Å². The average molecular weight is 304 g/mol. The zero-order valence-electron chi connectivity index (χ0n) is 9.97. The third-order valence-corrected chi connectivity index (χ3v) is 4.30. The summed E-state index contributed by atoms with van der Waals surface area (Å²) in [6, 6.07) is 4.78. The van der Waals surface area contributed by atoms with Crippen LogP contribution in [0.4, 0.5) is 4.39 Å². The van der Waals surface area contributed by atoms with Gasteiger partial charge >= 0.3 is 0 Å². The number of aromatic nitrogens is 2. The Bertz CT molecular complexity index is 700. The molecule has 5 nitrogen and oxygen atoms in total. The highest BCUT2D eigenvalue weighted by molar-refractivity contribution is 7.89. The van der Waals surface area contributed by atoms with Crippen molar-refractivity contribution in [2.75, 3.05) is 0 Å². The Morgan fingerprint density at radius 2 is 2.21 bits per heavy atom. The topological polar surface area (TPSA) is 64.0 Å². The monoisotopic (exact) mass is 303 g/mol. The van der Waals surface area contributed by atoms with Gasteiger partial charge < -0.3 is 4.57 Å².